The first kappa shape index (κ1) is 12.1. The third kappa shape index (κ3) is 2.49. The lowest BCUT2D eigenvalue weighted by molar-refractivity contribution is 1.18. The molecule has 1 aromatic heterocycles. The lowest BCUT2D eigenvalue weighted by Crippen LogP contribution is -2.00. The molecule has 0 aliphatic carbocycles. The van der Waals surface area contributed by atoms with Crippen LogP contribution >= 0.6 is 0 Å². The van der Waals surface area contributed by atoms with Gasteiger partial charge in [-0.1, -0.05) is 12.1 Å². The predicted molar refractivity (Wildman–Crippen MR) is 72.9 cm³/mol. The number of nitrogens with one attached hydrogen (secondary N) is 1. The summed E-state index contributed by atoms with van der Waals surface area (Å²) in [5.74, 6) is 0.617. The Labute approximate surface area is 107 Å². The topological polar surface area (TPSA) is 48.7 Å². The molecule has 1 N–H and O–H groups in total. The van der Waals surface area contributed by atoms with Gasteiger partial charge in [-0.05, 0) is 50.1 Å². The first-order valence-electron chi connectivity index (χ1n) is 5.82. The van der Waals surface area contributed by atoms with Crippen LogP contribution in [0.5, 0.6) is 0 Å². The molecule has 2 aromatic rings. The number of aromatic nitrogens is 1. The van der Waals surface area contributed by atoms with Gasteiger partial charge >= 0.3 is 0 Å². The Kier molecular flexibility index (Phi) is 3.29. The molecule has 0 saturated carbocycles. The molecule has 2 rings (SSSR count). The molecule has 0 saturated heterocycles. The van der Waals surface area contributed by atoms with E-state index in [1.54, 1.807) is 6.07 Å². The summed E-state index contributed by atoms with van der Waals surface area (Å²) in [5.41, 5.74) is 4.75. The predicted octanol–water partition coefficient (Wildman–Crippen LogP) is 3.62. The van der Waals surface area contributed by atoms with Crippen LogP contribution in [0.25, 0.3) is 0 Å². The molecular formula is C15H15N3. The highest BCUT2D eigenvalue weighted by molar-refractivity contribution is 5.66. The van der Waals surface area contributed by atoms with Crippen LogP contribution in [0.3, 0.4) is 0 Å². The van der Waals surface area contributed by atoms with Gasteiger partial charge in [0, 0.05) is 11.4 Å². The second-order valence-electron chi connectivity index (χ2n) is 4.40. The Balaban J connectivity index is 2.43. The molecule has 0 bridgehead atoms. The van der Waals surface area contributed by atoms with Crippen LogP contribution in [0.2, 0.25) is 0 Å². The fourth-order valence-electron chi connectivity index (χ4n) is 1.74. The van der Waals surface area contributed by atoms with Gasteiger partial charge in [-0.25, -0.2) is 4.98 Å². The van der Waals surface area contributed by atoms with Crippen molar-refractivity contribution in [2.45, 2.75) is 20.8 Å². The van der Waals surface area contributed by atoms with Crippen LogP contribution in [0.15, 0.2) is 30.3 Å². The Morgan fingerprint density at radius 1 is 1.11 bits per heavy atom. The number of nitrogens with zero attached hydrogens (tertiary/aromatic N) is 2. The normalized spacial score (nSPS) is 9.89. The number of pyridine rings is 1. The summed E-state index contributed by atoms with van der Waals surface area (Å²) in [5, 5.41) is 12.3. The summed E-state index contributed by atoms with van der Waals surface area (Å²) in [6.45, 7) is 5.98. The van der Waals surface area contributed by atoms with Crippen LogP contribution in [0.1, 0.15) is 22.4 Å². The molecule has 0 unspecified atom stereocenters. The highest BCUT2D eigenvalue weighted by Crippen LogP contribution is 2.23. The van der Waals surface area contributed by atoms with Crippen LogP contribution in [-0.4, -0.2) is 4.98 Å². The van der Waals surface area contributed by atoms with E-state index >= 15 is 0 Å². The summed E-state index contributed by atoms with van der Waals surface area (Å²) in [6, 6.07) is 12.0. The lowest BCUT2D eigenvalue weighted by atomic mass is 10.1. The summed E-state index contributed by atoms with van der Waals surface area (Å²) in [7, 11) is 0. The number of hydrogen-bond acceptors (Lipinski definition) is 3. The van der Waals surface area contributed by atoms with Crippen molar-refractivity contribution in [1.29, 1.82) is 5.26 Å². The first-order chi connectivity index (χ1) is 8.60. The molecule has 1 heterocycles. The smallest absolute Gasteiger partial charge is 0.148 e. The first-order valence-corrected chi connectivity index (χ1v) is 5.82. The van der Waals surface area contributed by atoms with Gasteiger partial charge < -0.3 is 5.32 Å². The summed E-state index contributed by atoms with van der Waals surface area (Å²) in [4.78, 5) is 4.38. The number of benzene rings is 1. The minimum Gasteiger partial charge on any atom is -0.339 e. The fourth-order valence-corrected chi connectivity index (χ4v) is 1.74. The summed E-state index contributed by atoms with van der Waals surface area (Å²) >= 11 is 0. The van der Waals surface area contributed by atoms with Gasteiger partial charge in [0.2, 0.25) is 0 Å². The molecule has 0 spiro atoms. The molecule has 90 valence electrons. The highest BCUT2D eigenvalue weighted by atomic mass is 15.0. The maximum absolute atomic E-state index is 9.08. The highest BCUT2D eigenvalue weighted by Gasteiger charge is 2.06. The molecule has 18 heavy (non-hydrogen) atoms. The number of aryl methyl sites for hydroxylation is 3. The fraction of sp³-hybridized carbons (Fsp3) is 0.200. The maximum atomic E-state index is 9.08. The standard InChI is InChI=1S/C15H15N3/c1-10-4-5-11(2)14(8-10)18-15-13(9-16)7-6-12(3)17-15/h4-8H,1-3H3,(H,17,18). The quantitative estimate of drug-likeness (QED) is 0.867. The van der Waals surface area contributed by atoms with E-state index in [1.807, 2.05) is 26.8 Å². The van der Waals surface area contributed by atoms with Crippen LogP contribution in [0.4, 0.5) is 11.5 Å². The van der Waals surface area contributed by atoms with Crippen molar-refractivity contribution in [2.24, 2.45) is 0 Å². The average molecular weight is 237 g/mol. The van der Waals surface area contributed by atoms with Gasteiger partial charge in [0.05, 0.1) is 5.56 Å². The van der Waals surface area contributed by atoms with Gasteiger partial charge in [0.15, 0.2) is 0 Å². The van der Waals surface area contributed by atoms with E-state index in [9.17, 15) is 0 Å². The molecule has 3 heteroatoms. The number of nitriles is 1. The molecule has 0 atom stereocenters. The second kappa shape index (κ2) is 4.89. The molecule has 0 amide bonds. The van der Waals surface area contributed by atoms with E-state index in [0.29, 0.717) is 11.4 Å². The van der Waals surface area contributed by atoms with E-state index < -0.39 is 0 Å². The van der Waals surface area contributed by atoms with E-state index in [1.165, 1.54) is 5.56 Å². The van der Waals surface area contributed by atoms with Crippen molar-refractivity contribution >= 4 is 11.5 Å². The summed E-state index contributed by atoms with van der Waals surface area (Å²) < 4.78 is 0. The van der Waals surface area contributed by atoms with Crippen LogP contribution in [0, 0.1) is 32.1 Å². The monoisotopic (exact) mass is 237 g/mol. The average Bonchev–Trinajstić information content (AvgIpc) is 2.34. The molecule has 3 nitrogen and oxygen atoms in total. The molecule has 0 aliphatic heterocycles. The number of hydrogen-bond donors (Lipinski definition) is 1. The van der Waals surface area contributed by atoms with Crippen molar-refractivity contribution in [3.8, 4) is 6.07 Å². The maximum Gasteiger partial charge on any atom is 0.148 e. The Morgan fingerprint density at radius 3 is 2.61 bits per heavy atom. The van der Waals surface area contributed by atoms with Crippen LogP contribution < -0.4 is 5.32 Å². The van der Waals surface area contributed by atoms with Crippen molar-refractivity contribution < 1.29 is 0 Å². The molecule has 1 aromatic carbocycles. The minimum absolute atomic E-state index is 0.557. The van der Waals surface area contributed by atoms with Gasteiger partial charge in [-0.15, -0.1) is 0 Å². The van der Waals surface area contributed by atoms with Crippen molar-refractivity contribution in [2.75, 3.05) is 5.32 Å². The van der Waals surface area contributed by atoms with E-state index in [0.717, 1.165) is 16.9 Å². The zero-order chi connectivity index (χ0) is 13.1. The molecule has 0 fully saturated rings. The number of anilines is 2. The van der Waals surface area contributed by atoms with Gasteiger partial charge in [0.1, 0.15) is 11.9 Å². The summed E-state index contributed by atoms with van der Waals surface area (Å²) in [6.07, 6.45) is 0. The van der Waals surface area contributed by atoms with E-state index in [4.69, 9.17) is 5.26 Å². The zero-order valence-electron chi connectivity index (χ0n) is 10.8. The van der Waals surface area contributed by atoms with Gasteiger partial charge in [-0.2, -0.15) is 5.26 Å². The Bertz CT molecular complexity index is 624. The van der Waals surface area contributed by atoms with E-state index in [-0.39, 0.29) is 0 Å². The van der Waals surface area contributed by atoms with E-state index in [2.05, 4.69) is 34.6 Å². The van der Waals surface area contributed by atoms with Gasteiger partial charge in [-0.3, -0.25) is 0 Å². The van der Waals surface area contributed by atoms with Crippen molar-refractivity contribution in [3.63, 3.8) is 0 Å². The van der Waals surface area contributed by atoms with Crippen LogP contribution in [-0.2, 0) is 0 Å². The SMILES string of the molecule is Cc1ccc(C)c(Nc2nc(C)ccc2C#N)c1. The Morgan fingerprint density at radius 2 is 1.89 bits per heavy atom. The molecular weight excluding hydrogens is 222 g/mol. The molecule has 0 radical (unpaired) electrons. The second-order valence-corrected chi connectivity index (χ2v) is 4.40. The Hall–Kier alpha value is -2.34. The lowest BCUT2D eigenvalue weighted by Gasteiger charge is -2.11. The van der Waals surface area contributed by atoms with Crippen molar-refractivity contribution in [3.05, 3.63) is 52.7 Å². The third-order valence-corrected chi connectivity index (χ3v) is 2.80. The molecule has 0 aliphatic rings. The zero-order valence-corrected chi connectivity index (χ0v) is 10.8. The largest absolute Gasteiger partial charge is 0.339 e. The number of rotatable bonds is 2. The van der Waals surface area contributed by atoms with Gasteiger partial charge in [0.25, 0.3) is 0 Å². The van der Waals surface area contributed by atoms with Crippen molar-refractivity contribution in [1.82, 2.24) is 4.98 Å². The third-order valence-electron chi connectivity index (χ3n) is 2.80. The minimum atomic E-state index is 0.557.